The molecule has 0 spiro atoms. The van der Waals surface area contributed by atoms with Crippen molar-refractivity contribution in [3.8, 4) is 0 Å². The van der Waals surface area contributed by atoms with Crippen molar-refractivity contribution in [1.82, 2.24) is 10.6 Å². The molecule has 15 heavy (non-hydrogen) atoms. The SMILES string of the molecule is CCC(CC)C(=O)NC1CNC[C@@H]1OC. The lowest BCUT2D eigenvalue weighted by Crippen LogP contribution is -2.45. The number of nitrogens with one attached hydrogen (secondary N) is 2. The van der Waals surface area contributed by atoms with Gasteiger partial charge in [0.2, 0.25) is 5.91 Å². The lowest BCUT2D eigenvalue weighted by atomic mass is 10.0. The van der Waals surface area contributed by atoms with E-state index in [0.717, 1.165) is 25.9 Å². The topological polar surface area (TPSA) is 50.4 Å². The summed E-state index contributed by atoms with van der Waals surface area (Å²) < 4.78 is 5.29. The first-order valence-electron chi connectivity index (χ1n) is 5.76. The van der Waals surface area contributed by atoms with Crippen LogP contribution in [0.5, 0.6) is 0 Å². The first-order valence-corrected chi connectivity index (χ1v) is 5.76. The van der Waals surface area contributed by atoms with Crippen molar-refractivity contribution in [1.29, 1.82) is 0 Å². The van der Waals surface area contributed by atoms with E-state index in [1.54, 1.807) is 7.11 Å². The van der Waals surface area contributed by atoms with Gasteiger partial charge in [-0.1, -0.05) is 13.8 Å². The molecule has 0 aromatic rings. The normalized spacial score (nSPS) is 25.9. The van der Waals surface area contributed by atoms with E-state index in [0.29, 0.717) is 0 Å². The Bertz CT molecular complexity index is 205. The molecule has 0 saturated carbocycles. The largest absolute Gasteiger partial charge is 0.378 e. The Balaban J connectivity index is 2.42. The molecule has 1 aliphatic heterocycles. The minimum atomic E-state index is 0.114. The monoisotopic (exact) mass is 214 g/mol. The fraction of sp³-hybridized carbons (Fsp3) is 0.909. The number of carbonyl (C=O) groups is 1. The van der Waals surface area contributed by atoms with Crippen molar-refractivity contribution in [2.45, 2.75) is 38.8 Å². The third-order valence-corrected chi connectivity index (χ3v) is 3.15. The van der Waals surface area contributed by atoms with Gasteiger partial charge in [0.05, 0.1) is 12.1 Å². The van der Waals surface area contributed by atoms with Gasteiger partial charge < -0.3 is 15.4 Å². The van der Waals surface area contributed by atoms with E-state index in [1.807, 2.05) is 0 Å². The van der Waals surface area contributed by atoms with E-state index in [9.17, 15) is 4.79 Å². The van der Waals surface area contributed by atoms with Gasteiger partial charge >= 0.3 is 0 Å². The van der Waals surface area contributed by atoms with E-state index in [1.165, 1.54) is 0 Å². The van der Waals surface area contributed by atoms with Crippen LogP contribution in [-0.2, 0) is 9.53 Å². The Morgan fingerprint density at radius 1 is 1.47 bits per heavy atom. The molecule has 1 rings (SSSR count). The van der Waals surface area contributed by atoms with Crippen LogP contribution < -0.4 is 10.6 Å². The number of hydrogen-bond acceptors (Lipinski definition) is 3. The van der Waals surface area contributed by atoms with Crippen LogP contribution in [0.3, 0.4) is 0 Å². The van der Waals surface area contributed by atoms with Crippen LogP contribution in [0.4, 0.5) is 0 Å². The van der Waals surface area contributed by atoms with Gasteiger partial charge in [-0.3, -0.25) is 4.79 Å². The maximum Gasteiger partial charge on any atom is 0.223 e. The molecule has 1 unspecified atom stereocenters. The lowest BCUT2D eigenvalue weighted by molar-refractivity contribution is -0.126. The molecule has 0 aliphatic carbocycles. The van der Waals surface area contributed by atoms with Gasteiger partial charge in [0.15, 0.2) is 0 Å². The van der Waals surface area contributed by atoms with Gasteiger partial charge in [0.1, 0.15) is 0 Å². The molecular weight excluding hydrogens is 192 g/mol. The zero-order valence-corrected chi connectivity index (χ0v) is 9.88. The highest BCUT2D eigenvalue weighted by molar-refractivity contribution is 5.79. The van der Waals surface area contributed by atoms with Crippen LogP contribution in [0.1, 0.15) is 26.7 Å². The second kappa shape index (κ2) is 6.08. The van der Waals surface area contributed by atoms with E-state index >= 15 is 0 Å². The van der Waals surface area contributed by atoms with E-state index < -0.39 is 0 Å². The minimum Gasteiger partial charge on any atom is -0.378 e. The molecule has 0 aromatic heterocycles. The second-order valence-corrected chi connectivity index (χ2v) is 4.06. The summed E-state index contributed by atoms with van der Waals surface area (Å²) >= 11 is 0. The number of amides is 1. The summed E-state index contributed by atoms with van der Waals surface area (Å²) in [5.41, 5.74) is 0. The van der Waals surface area contributed by atoms with Crippen LogP contribution in [0, 0.1) is 5.92 Å². The molecule has 1 amide bonds. The fourth-order valence-electron chi connectivity index (χ4n) is 2.01. The molecule has 1 aliphatic rings. The van der Waals surface area contributed by atoms with Gasteiger partial charge in [-0.05, 0) is 12.8 Å². The summed E-state index contributed by atoms with van der Waals surface area (Å²) in [6, 6.07) is 0.128. The summed E-state index contributed by atoms with van der Waals surface area (Å²) in [4.78, 5) is 11.8. The van der Waals surface area contributed by atoms with Crippen molar-refractivity contribution >= 4 is 5.91 Å². The fourth-order valence-corrected chi connectivity index (χ4v) is 2.01. The average molecular weight is 214 g/mol. The average Bonchev–Trinajstić information content (AvgIpc) is 2.67. The molecule has 88 valence electrons. The van der Waals surface area contributed by atoms with Gasteiger partial charge in [-0.15, -0.1) is 0 Å². The van der Waals surface area contributed by atoms with Gasteiger partial charge in [-0.2, -0.15) is 0 Å². The molecule has 4 heteroatoms. The van der Waals surface area contributed by atoms with Gasteiger partial charge in [0.25, 0.3) is 0 Å². The van der Waals surface area contributed by atoms with Crippen molar-refractivity contribution in [3.63, 3.8) is 0 Å². The lowest BCUT2D eigenvalue weighted by Gasteiger charge is -2.21. The van der Waals surface area contributed by atoms with Gasteiger partial charge in [-0.25, -0.2) is 0 Å². The maximum absolute atomic E-state index is 11.8. The predicted octanol–water partition coefficient (Wildman–Crippen LogP) is 0.526. The van der Waals surface area contributed by atoms with Crippen molar-refractivity contribution in [2.24, 2.45) is 5.92 Å². The van der Waals surface area contributed by atoms with Crippen LogP contribution in [0.15, 0.2) is 0 Å². The summed E-state index contributed by atoms with van der Waals surface area (Å²) in [5.74, 6) is 0.304. The van der Waals surface area contributed by atoms with Crippen molar-refractivity contribution in [3.05, 3.63) is 0 Å². The number of ether oxygens (including phenoxy) is 1. The number of hydrogen-bond donors (Lipinski definition) is 2. The van der Waals surface area contributed by atoms with Crippen molar-refractivity contribution in [2.75, 3.05) is 20.2 Å². The van der Waals surface area contributed by atoms with Gasteiger partial charge in [0, 0.05) is 26.1 Å². The standard InChI is InChI=1S/C11H22N2O2/c1-4-8(5-2)11(14)13-9-6-12-7-10(9)15-3/h8-10,12H,4-7H2,1-3H3,(H,13,14)/t9?,10-/m0/s1. The molecule has 0 radical (unpaired) electrons. The van der Waals surface area contributed by atoms with E-state index in [4.69, 9.17) is 4.74 Å². The Morgan fingerprint density at radius 3 is 2.67 bits per heavy atom. The summed E-state index contributed by atoms with van der Waals surface area (Å²) in [5, 5.41) is 6.27. The van der Waals surface area contributed by atoms with Crippen LogP contribution in [-0.4, -0.2) is 38.3 Å². The first-order chi connectivity index (χ1) is 7.22. The summed E-state index contributed by atoms with van der Waals surface area (Å²) in [6.07, 6.45) is 1.92. The quantitative estimate of drug-likeness (QED) is 0.701. The summed E-state index contributed by atoms with van der Waals surface area (Å²) in [6.45, 7) is 5.73. The number of carbonyl (C=O) groups excluding carboxylic acids is 1. The predicted molar refractivity (Wildman–Crippen MR) is 59.7 cm³/mol. The zero-order valence-electron chi connectivity index (χ0n) is 9.88. The summed E-state index contributed by atoms with van der Waals surface area (Å²) in [7, 11) is 1.69. The Morgan fingerprint density at radius 2 is 2.13 bits per heavy atom. The molecule has 1 fully saturated rings. The van der Waals surface area contributed by atoms with Crippen LogP contribution in [0.25, 0.3) is 0 Å². The van der Waals surface area contributed by atoms with Crippen molar-refractivity contribution < 1.29 is 9.53 Å². The molecule has 1 heterocycles. The van der Waals surface area contributed by atoms with Crippen LogP contribution in [0.2, 0.25) is 0 Å². The van der Waals surface area contributed by atoms with Crippen LogP contribution >= 0.6 is 0 Å². The molecule has 1 saturated heterocycles. The number of rotatable bonds is 5. The Kier molecular flexibility index (Phi) is 5.05. The van der Waals surface area contributed by atoms with E-state index in [2.05, 4.69) is 24.5 Å². The molecular formula is C11H22N2O2. The molecule has 4 nitrogen and oxygen atoms in total. The second-order valence-electron chi connectivity index (χ2n) is 4.06. The third kappa shape index (κ3) is 3.18. The molecule has 0 aromatic carbocycles. The highest BCUT2D eigenvalue weighted by Crippen LogP contribution is 2.10. The molecule has 2 N–H and O–H groups in total. The minimum absolute atomic E-state index is 0.114. The molecule has 2 atom stereocenters. The molecule has 0 bridgehead atoms. The third-order valence-electron chi connectivity index (χ3n) is 3.15. The number of methoxy groups -OCH3 is 1. The highest BCUT2D eigenvalue weighted by atomic mass is 16.5. The maximum atomic E-state index is 11.8. The zero-order chi connectivity index (χ0) is 11.3. The first kappa shape index (κ1) is 12.5. The highest BCUT2D eigenvalue weighted by Gasteiger charge is 2.29. The van der Waals surface area contributed by atoms with E-state index in [-0.39, 0.29) is 24.0 Å². The smallest absolute Gasteiger partial charge is 0.223 e. The Labute approximate surface area is 91.8 Å². The Hall–Kier alpha value is -0.610.